The zero-order chi connectivity index (χ0) is 18.8. The molecule has 2 aromatic rings. The molecule has 4 rings (SSSR count). The van der Waals surface area contributed by atoms with E-state index in [0.717, 1.165) is 19.4 Å². The first-order chi connectivity index (χ1) is 13.2. The number of pyridine rings is 1. The van der Waals surface area contributed by atoms with Crippen molar-refractivity contribution >= 4 is 17.1 Å². The van der Waals surface area contributed by atoms with Crippen LogP contribution in [0, 0.1) is 5.92 Å². The number of hydrogen-bond acceptors (Lipinski definition) is 4. The fourth-order valence-electron chi connectivity index (χ4n) is 4.84. The summed E-state index contributed by atoms with van der Waals surface area (Å²) in [6.07, 6.45) is 8.78. The van der Waals surface area contributed by atoms with Crippen molar-refractivity contribution < 1.29 is 9.53 Å². The number of methoxy groups -OCH3 is 1. The molecule has 2 fully saturated rings. The number of aromatic nitrogens is 3. The van der Waals surface area contributed by atoms with Crippen LogP contribution < -0.4 is 5.69 Å². The summed E-state index contributed by atoms with van der Waals surface area (Å²) in [5, 5.41) is 0. The van der Waals surface area contributed by atoms with Gasteiger partial charge in [0.15, 0.2) is 5.65 Å². The molecule has 0 N–H and O–H groups in total. The molecular weight excluding hydrogens is 344 g/mol. The number of rotatable bonds is 5. The van der Waals surface area contributed by atoms with Gasteiger partial charge in [0, 0.05) is 25.9 Å². The van der Waals surface area contributed by atoms with Crippen molar-refractivity contribution in [1.82, 2.24) is 19.0 Å². The van der Waals surface area contributed by atoms with Crippen LogP contribution in [0.3, 0.4) is 0 Å². The lowest BCUT2D eigenvalue weighted by molar-refractivity contribution is -0.138. The highest BCUT2D eigenvalue weighted by molar-refractivity contribution is 5.79. The highest BCUT2D eigenvalue weighted by Crippen LogP contribution is 2.35. The smallest absolute Gasteiger partial charge is 0.330 e. The monoisotopic (exact) mass is 372 g/mol. The van der Waals surface area contributed by atoms with Crippen molar-refractivity contribution in [3.05, 3.63) is 28.8 Å². The Bertz CT molecular complexity index is 870. The van der Waals surface area contributed by atoms with E-state index in [0.29, 0.717) is 36.3 Å². The van der Waals surface area contributed by atoms with Crippen molar-refractivity contribution in [3.8, 4) is 0 Å². The van der Waals surface area contributed by atoms with E-state index in [4.69, 9.17) is 4.74 Å². The average molecular weight is 372 g/mol. The Morgan fingerprint density at radius 3 is 2.89 bits per heavy atom. The van der Waals surface area contributed by atoms with Gasteiger partial charge in [0.25, 0.3) is 0 Å². The first-order valence-electron chi connectivity index (χ1n) is 10.0. The summed E-state index contributed by atoms with van der Waals surface area (Å²) in [7, 11) is 1.61. The van der Waals surface area contributed by atoms with E-state index in [2.05, 4.69) is 9.88 Å². The third-order valence-corrected chi connectivity index (χ3v) is 6.15. The first kappa shape index (κ1) is 18.2. The molecular formula is C20H28N4O3. The Labute approximate surface area is 158 Å². The number of nitrogens with zero attached hydrogens (tertiary/aromatic N) is 4. The van der Waals surface area contributed by atoms with Gasteiger partial charge in [0.1, 0.15) is 6.54 Å². The van der Waals surface area contributed by atoms with Crippen LogP contribution >= 0.6 is 0 Å². The second-order valence-corrected chi connectivity index (χ2v) is 7.70. The fourth-order valence-corrected chi connectivity index (χ4v) is 4.84. The zero-order valence-electron chi connectivity index (χ0n) is 16.0. The summed E-state index contributed by atoms with van der Waals surface area (Å²) in [5.74, 6) is 0.696. The van der Waals surface area contributed by atoms with Gasteiger partial charge < -0.3 is 9.64 Å². The van der Waals surface area contributed by atoms with Crippen molar-refractivity contribution in [2.24, 2.45) is 5.92 Å². The number of fused-ring (bicyclic) bond motifs is 2. The second-order valence-electron chi connectivity index (χ2n) is 7.70. The second kappa shape index (κ2) is 7.84. The van der Waals surface area contributed by atoms with Crippen LogP contribution in [0.15, 0.2) is 23.1 Å². The standard InChI is InChI=1S/C20H28N4O3/c1-27-13-12-23-19-17(9-4-10-21-19)24(20(23)26)14-18(25)22-11-5-7-15-6-2-3-8-16(15)22/h4,9-10,15-16H,2-3,5-8,11-14H2,1H3/t15-,16+/m1/s1. The molecule has 0 radical (unpaired) electrons. The van der Waals surface area contributed by atoms with Gasteiger partial charge in [-0.2, -0.15) is 0 Å². The summed E-state index contributed by atoms with van der Waals surface area (Å²) in [5.41, 5.74) is 1.14. The molecule has 1 saturated carbocycles. The Kier molecular flexibility index (Phi) is 5.29. The summed E-state index contributed by atoms with van der Waals surface area (Å²) in [6.45, 7) is 1.76. The molecule has 2 aromatic heterocycles. The molecule has 0 aromatic carbocycles. The van der Waals surface area contributed by atoms with E-state index >= 15 is 0 Å². The van der Waals surface area contributed by atoms with Crippen molar-refractivity contribution in [1.29, 1.82) is 0 Å². The molecule has 1 aliphatic heterocycles. The predicted molar refractivity (Wildman–Crippen MR) is 103 cm³/mol. The number of carbonyl (C=O) groups is 1. The third-order valence-electron chi connectivity index (χ3n) is 6.15. The Morgan fingerprint density at radius 2 is 2.04 bits per heavy atom. The molecule has 0 bridgehead atoms. The van der Waals surface area contributed by atoms with E-state index < -0.39 is 0 Å². The van der Waals surface area contributed by atoms with Crippen LogP contribution in [-0.4, -0.2) is 51.2 Å². The summed E-state index contributed by atoms with van der Waals surface area (Å²) in [6, 6.07) is 4.03. The van der Waals surface area contributed by atoms with Gasteiger partial charge in [-0.1, -0.05) is 12.8 Å². The van der Waals surface area contributed by atoms with Crippen LogP contribution in [-0.2, 0) is 22.6 Å². The number of ether oxygens (including phenoxy) is 1. The van der Waals surface area contributed by atoms with Crippen LogP contribution in [0.25, 0.3) is 11.2 Å². The lowest BCUT2D eigenvalue weighted by Gasteiger charge is -2.44. The van der Waals surface area contributed by atoms with E-state index in [1.807, 2.05) is 12.1 Å². The van der Waals surface area contributed by atoms with Crippen LogP contribution in [0.2, 0.25) is 0 Å². The number of amides is 1. The van der Waals surface area contributed by atoms with Crippen molar-refractivity contribution in [3.63, 3.8) is 0 Å². The van der Waals surface area contributed by atoms with Crippen LogP contribution in [0.5, 0.6) is 0 Å². The highest BCUT2D eigenvalue weighted by atomic mass is 16.5. The largest absolute Gasteiger partial charge is 0.383 e. The fraction of sp³-hybridized carbons (Fsp3) is 0.650. The van der Waals surface area contributed by atoms with Gasteiger partial charge in [-0.3, -0.25) is 13.9 Å². The van der Waals surface area contributed by atoms with E-state index in [1.165, 1.54) is 25.7 Å². The molecule has 7 nitrogen and oxygen atoms in total. The zero-order valence-corrected chi connectivity index (χ0v) is 16.0. The van der Waals surface area contributed by atoms with Crippen molar-refractivity contribution in [2.75, 3.05) is 20.3 Å². The maximum absolute atomic E-state index is 13.2. The molecule has 1 saturated heterocycles. The maximum atomic E-state index is 13.2. The number of likely N-dealkylation sites (tertiary alicyclic amines) is 1. The Morgan fingerprint density at radius 1 is 1.22 bits per heavy atom. The predicted octanol–water partition coefficient (Wildman–Crippen LogP) is 2.03. The molecule has 2 aliphatic rings. The topological polar surface area (TPSA) is 69.4 Å². The van der Waals surface area contributed by atoms with Crippen LogP contribution in [0.4, 0.5) is 0 Å². The van der Waals surface area contributed by atoms with Crippen LogP contribution in [0.1, 0.15) is 38.5 Å². The van der Waals surface area contributed by atoms with Gasteiger partial charge in [-0.15, -0.1) is 0 Å². The molecule has 0 spiro atoms. The number of carbonyl (C=O) groups excluding carboxylic acids is 1. The minimum atomic E-state index is -0.189. The number of piperidine rings is 1. The number of hydrogen-bond donors (Lipinski definition) is 0. The van der Waals surface area contributed by atoms with Gasteiger partial charge in [-0.25, -0.2) is 9.78 Å². The lowest BCUT2D eigenvalue weighted by atomic mass is 9.78. The molecule has 0 unspecified atom stereocenters. The highest BCUT2D eigenvalue weighted by Gasteiger charge is 2.35. The third kappa shape index (κ3) is 3.40. The van der Waals surface area contributed by atoms with E-state index in [-0.39, 0.29) is 18.1 Å². The van der Waals surface area contributed by atoms with Gasteiger partial charge in [0.05, 0.1) is 18.7 Å². The Balaban J connectivity index is 1.62. The number of imidazole rings is 1. The SMILES string of the molecule is COCCn1c(=O)n(CC(=O)N2CCC[C@H]3CCCC[C@@H]32)c2cccnc21. The summed E-state index contributed by atoms with van der Waals surface area (Å²) >= 11 is 0. The van der Waals surface area contributed by atoms with Gasteiger partial charge in [0.2, 0.25) is 5.91 Å². The molecule has 3 heterocycles. The minimum absolute atomic E-state index is 0.0587. The average Bonchev–Trinajstić information content (AvgIpc) is 2.97. The quantitative estimate of drug-likeness (QED) is 0.805. The first-order valence-corrected chi connectivity index (χ1v) is 10.0. The molecule has 1 aliphatic carbocycles. The molecule has 7 heteroatoms. The Hall–Kier alpha value is -2.15. The van der Waals surface area contributed by atoms with Gasteiger partial charge >= 0.3 is 5.69 Å². The van der Waals surface area contributed by atoms with Gasteiger partial charge in [-0.05, 0) is 43.7 Å². The summed E-state index contributed by atoms with van der Waals surface area (Å²) in [4.78, 5) is 32.5. The van der Waals surface area contributed by atoms with E-state index in [1.54, 1.807) is 22.4 Å². The van der Waals surface area contributed by atoms with Crippen molar-refractivity contribution in [2.45, 2.75) is 57.7 Å². The normalized spacial score (nSPS) is 22.8. The molecule has 2 atom stereocenters. The molecule has 27 heavy (non-hydrogen) atoms. The minimum Gasteiger partial charge on any atom is -0.383 e. The maximum Gasteiger partial charge on any atom is 0.330 e. The summed E-state index contributed by atoms with van der Waals surface area (Å²) < 4.78 is 8.30. The lowest BCUT2D eigenvalue weighted by Crippen LogP contribution is -2.51. The molecule has 1 amide bonds. The molecule has 146 valence electrons. The van der Waals surface area contributed by atoms with E-state index in [9.17, 15) is 9.59 Å².